The maximum Gasteiger partial charge on any atom is 0.0638 e. The van der Waals surface area contributed by atoms with Gasteiger partial charge in [-0.15, -0.1) is 0 Å². The van der Waals surface area contributed by atoms with Gasteiger partial charge in [-0.05, 0) is 51.0 Å². The number of aromatic amines is 1. The van der Waals surface area contributed by atoms with Crippen molar-refractivity contribution in [1.29, 1.82) is 0 Å². The number of H-pyrrole nitrogens is 1. The molecule has 0 saturated heterocycles. The van der Waals surface area contributed by atoms with Crippen LogP contribution in [0.15, 0.2) is 30.3 Å². The van der Waals surface area contributed by atoms with Crippen LogP contribution in [0.5, 0.6) is 0 Å². The summed E-state index contributed by atoms with van der Waals surface area (Å²) in [5.41, 5.74) is 5.16. The summed E-state index contributed by atoms with van der Waals surface area (Å²) in [4.78, 5) is 0. The number of nitrogens with one attached hydrogen (secondary N) is 2. The number of hydrogen-bond donors (Lipinski definition) is 2. The molecule has 0 spiro atoms. The van der Waals surface area contributed by atoms with Gasteiger partial charge in [0.05, 0.1) is 5.69 Å². The molecule has 3 heteroatoms. The molecule has 1 heterocycles. The van der Waals surface area contributed by atoms with Gasteiger partial charge in [-0.25, -0.2) is 0 Å². The molecule has 3 rings (SSSR count). The largest absolute Gasteiger partial charge is 0.310 e. The van der Waals surface area contributed by atoms with Gasteiger partial charge < -0.3 is 5.32 Å². The number of hydrogen-bond acceptors (Lipinski definition) is 2. The van der Waals surface area contributed by atoms with Crippen molar-refractivity contribution in [3.8, 4) is 0 Å². The van der Waals surface area contributed by atoms with Gasteiger partial charge in [0.25, 0.3) is 0 Å². The first kappa shape index (κ1) is 14.3. The molecular weight excluding hydrogens is 258 g/mol. The van der Waals surface area contributed by atoms with E-state index in [4.69, 9.17) is 0 Å². The van der Waals surface area contributed by atoms with Crippen molar-refractivity contribution in [2.24, 2.45) is 0 Å². The van der Waals surface area contributed by atoms with Crippen LogP contribution >= 0.6 is 0 Å². The Balaban J connectivity index is 1.50. The van der Waals surface area contributed by atoms with Gasteiger partial charge >= 0.3 is 0 Å². The van der Waals surface area contributed by atoms with Crippen LogP contribution in [0.1, 0.15) is 54.1 Å². The van der Waals surface area contributed by atoms with Gasteiger partial charge in [-0.3, -0.25) is 5.10 Å². The van der Waals surface area contributed by atoms with Gasteiger partial charge in [0.15, 0.2) is 0 Å². The fourth-order valence-corrected chi connectivity index (χ4v) is 3.44. The quantitative estimate of drug-likeness (QED) is 0.895. The minimum atomic E-state index is 0.652. The van der Waals surface area contributed by atoms with Gasteiger partial charge in [0.2, 0.25) is 0 Å². The predicted octanol–water partition coefficient (Wildman–Crippen LogP) is 3.84. The van der Waals surface area contributed by atoms with E-state index in [1.54, 1.807) is 0 Å². The predicted molar refractivity (Wildman–Crippen MR) is 86.3 cm³/mol. The lowest BCUT2D eigenvalue weighted by molar-refractivity contribution is 0.341. The Bertz CT molecular complexity index is 546. The van der Waals surface area contributed by atoms with E-state index in [0.29, 0.717) is 6.04 Å². The molecular formula is C18H25N3. The van der Waals surface area contributed by atoms with E-state index in [0.717, 1.165) is 18.2 Å². The summed E-state index contributed by atoms with van der Waals surface area (Å²) in [6, 6.07) is 11.6. The van der Waals surface area contributed by atoms with Gasteiger partial charge in [0, 0.05) is 23.8 Å². The Morgan fingerprint density at radius 2 is 1.81 bits per heavy atom. The maximum atomic E-state index is 4.27. The zero-order chi connectivity index (χ0) is 14.7. The highest BCUT2D eigenvalue weighted by atomic mass is 15.1. The average molecular weight is 283 g/mol. The Hall–Kier alpha value is -1.61. The zero-order valence-corrected chi connectivity index (χ0v) is 13.0. The molecule has 3 nitrogen and oxygen atoms in total. The molecule has 2 N–H and O–H groups in total. The molecule has 0 amide bonds. The Labute approximate surface area is 127 Å². The first-order chi connectivity index (χ1) is 10.2. The second-order valence-corrected chi connectivity index (χ2v) is 6.25. The summed E-state index contributed by atoms with van der Waals surface area (Å²) >= 11 is 0. The molecule has 1 aliphatic rings. The van der Waals surface area contributed by atoms with E-state index in [2.05, 4.69) is 59.7 Å². The number of nitrogens with zero attached hydrogens (tertiary/aromatic N) is 1. The van der Waals surface area contributed by atoms with E-state index >= 15 is 0 Å². The summed E-state index contributed by atoms with van der Waals surface area (Å²) in [6.07, 6.45) is 5.14. The average Bonchev–Trinajstić information content (AvgIpc) is 2.85. The van der Waals surface area contributed by atoms with Crippen molar-refractivity contribution in [2.75, 3.05) is 0 Å². The number of aryl methyl sites for hydroxylation is 2. The molecule has 0 aliphatic heterocycles. The first-order valence-electron chi connectivity index (χ1n) is 8.03. The molecule has 0 unspecified atom stereocenters. The van der Waals surface area contributed by atoms with Crippen LogP contribution in [0.25, 0.3) is 0 Å². The lowest BCUT2D eigenvalue weighted by Crippen LogP contribution is -2.32. The van der Waals surface area contributed by atoms with Crippen molar-refractivity contribution >= 4 is 0 Å². The molecule has 1 aliphatic carbocycles. The van der Waals surface area contributed by atoms with Crippen LogP contribution in [-0.2, 0) is 6.54 Å². The van der Waals surface area contributed by atoms with Crippen LogP contribution in [0.4, 0.5) is 0 Å². The number of aromatic nitrogens is 2. The molecule has 0 atom stereocenters. The fraction of sp³-hybridized carbons (Fsp3) is 0.500. The van der Waals surface area contributed by atoms with E-state index in [9.17, 15) is 0 Å². The highest BCUT2D eigenvalue weighted by Gasteiger charge is 2.22. The second-order valence-electron chi connectivity index (χ2n) is 6.25. The van der Waals surface area contributed by atoms with Gasteiger partial charge in [0.1, 0.15) is 0 Å². The molecule has 2 aromatic rings. The fourth-order valence-electron chi connectivity index (χ4n) is 3.44. The molecule has 0 radical (unpaired) electrons. The van der Waals surface area contributed by atoms with Crippen LogP contribution in [0, 0.1) is 13.8 Å². The first-order valence-corrected chi connectivity index (χ1v) is 8.03. The third-order valence-electron chi connectivity index (χ3n) is 4.85. The van der Waals surface area contributed by atoms with E-state index in [-0.39, 0.29) is 0 Å². The van der Waals surface area contributed by atoms with E-state index < -0.39 is 0 Å². The highest BCUT2D eigenvalue weighted by Crippen LogP contribution is 2.32. The van der Waals surface area contributed by atoms with Crippen molar-refractivity contribution in [3.05, 3.63) is 52.8 Å². The lowest BCUT2D eigenvalue weighted by atomic mass is 9.82. The monoisotopic (exact) mass is 283 g/mol. The van der Waals surface area contributed by atoms with Crippen molar-refractivity contribution < 1.29 is 0 Å². The van der Waals surface area contributed by atoms with Crippen LogP contribution in [0.3, 0.4) is 0 Å². The van der Waals surface area contributed by atoms with E-state index in [1.165, 1.54) is 42.5 Å². The summed E-state index contributed by atoms with van der Waals surface area (Å²) in [6.45, 7) is 5.12. The summed E-state index contributed by atoms with van der Waals surface area (Å²) in [5, 5.41) is 11.0. The van der Waals surface area contributed by atoms with Gasteiger partial charge in [-0.1, -0.05) is 30.3 Å². The Kier molecular flexibility index (Phi) is 4.39. The number of benzene rings is 1. The highest BCUT2D eigenvalue weighted by molar-refractivity contribution is 5.23. The zero-order valence-electron chi connectivity index (χ0n) is 13.0. The van der Waals surface area contributed by atoms with E-state index in [1.807, 2.05) is 0 Å². The van der Waals surface area contributed by atoms with Crippen LogP contribution in [-0.4, -0.2) is 16.2 Å². The molecule has 21 heavy (non-hydrogen) atoms. The molecule has 1 aromatic heterocycles. The minimum absolute atomic E-state index is 0.652. The third kappa shape index (κ3) is 3.35. The molecule has 1 aromatic carbocycles. The van der Waals surface area contributed by atoms with Gasteiger partial charge in [-0.2, -0.15) is 5.10 Å². The van der Waals surface area contributed by atoms with Crippen molar-refractivity contribution in [1.82, 2.24) is 15.5 Å². The smallest absolute Gasteiger partial charge is 0.0638 e. The second kappa shape index (κ2) is 6.44. The molecule has 112 valence electrons. The standard InChI is InChI=1S/C18H25N3/c1-13-18(14(2)21-20-13)12-19-17-10-8-16(9-11-17)15-6-4-3-5-7-15/h3-7,16-17,19H,8-12H2,1-2H3,(H,20,21). The van der Waals surface area contributed by atoms with Crippen molar-refractivity contribution in [3.63, 3.8) is 0 Å². The molecule has 1 saturated carbocycles. The van der Waals surface area contributed by atoms with Crippen LogP contribution in [0.2, 0.25) is 0 Å². The lowest BCUT2D eigenvalue weighted by Gasteiger charge is -2.29. The Morgan fingerprint density at radius 3 is 2.43 bits per heavy atom. The minimum Gasteiger partial charge on any atom is -0.310 e. The topological polar surface area (TPSA) is 40.7 Å². The van der Waals surface area contributed by atoms with Crippen LogP contribution < -0.4 is 5.32 Å². The maximum absolute atomic E-state index is 4.27. The normalized spacial score (nSPS) is 22.4. The third-order valence-corrected chi connectivity index (χ3v) is 4.85. The van der Waals surface area contributed by atoms with Crippen molar-refractivity contribution in [2.45, 2.75) is 58.0 Å². The molecule has 1 fully saturated rings. The SMILES string of the molecule is Cc1n[nH]c(C)c1CNC1CCC(c2ccccc2)CC1. The Morgan fingerprint density at radius 1 is 1.10 bits per heavy atom. The summed E-state index contributed by atoms with van der Waals surface area (Å²) in [7, 11) is 0. The summed E-state index contributed by atoms with van der Waals surface area (Å²) < 4.78 is 0. The molecule has 0 bridgehead atoms. The summed E-state index contributed by atoms with van der Waals surface area (Å²) in [5.74, 6) is 0.752. The number of rotatable bonds is 4.